The van der Waals surface area contributed by atoms with Gasteiger partial charge in [-0.15, -0.1) is 0 Å². The number of likely N-dealkylation sites (tertiary alicyclic amines) is 1. The number of amides is 1. The molecular formula is C9H16N2O. The molecule has 2 rings (SSSR count). The molecule has 0 aromatic carbocycles. The van der Waals surface area contributed by atoms with Crippen molar-refractivity contribution in [3.63, 3.8) is 0 Å². The van der Waals surface area contributed by atoms with E-state index >= 15 is 0 Å². The molecule has 0 radical (unpaired) electrons. The van der Waals surface area contributed by atoms with Crippen LogP contribution in [0.25, 0.3) is 0 Å². The van der Waals surface area contributed by atoms with Gasteiger partial charge in [0.05, 0.1) is 0 Å². The number of carbonyl (C=O) groups is 1. The van der Waals surface area contributed by atoms with Gasteiger partial charge in [-0.05, 0) is 12.3 Å². The highest BCUT2D eigenvalue weighted by molar-refractivity contribution is 5.76. The molecule has 2 fully saturated rings. The molecule has 0 saturated carbocycles. The SMILES string of the molecule is CCC(=O)N1CC[C@@H]2CNC[C@@H]21. The van der Waals surface area contributed by atoms with E-state index in [0.29, 0.717) is 18.4 Å². The number of nitrogens with zero attached hydrogens (tertiary/aromatic N) is 1. The Labute approximate surface area is 73.1 Å². The molecule has 1 N–H and O–H groups in total. The van der Waals surface area contributed by atoms with Gasteiger partial charge in [-0.1, -0.05) is 6.92 Å². The average Bonchev–Trinajstić information content (AvgIpc) is 2.62. The second-order valence-electron chi connectivity index (χ2n) is 3.72. The van der Waals surface area contributed by atoms with Gasteiger partial charge in [0, 0.05) is 32.1 Å². The van der Waals surface area contributed by atoms with E-state index in [4.69, 9.17) is 0 Å². The zero-order valence-electron chi connectivity index (χ0n) is 7.55. The van der Waals surface area contributed by atoms with Gasteiger partial charge in [0.1, 0.15) is 0 Å². The summed E-state index contributed by atoms with van der Waals surface area (Å²) >= 11 is 0. The third-order valence-corrected chi connectivity index (χ3v) is 3.07. The van der Waals surface area contributed by atoms with Gasteiger partial charge in [0.25, 0.3) is 0 Å². The first kappa shape index (κ1) is 8.05. The van der Waals surface area contributed by atoms with Crippen molar-refractivity contribution >= 4 is 5.91 Å². The maximum atomic E-state index is 11.5. The third-order valence-electron chi connectivity index (χ3n) is 3.07. The fourth-order valence-corrected chi connectivity index (χ4v) is 2.36. The van der Waals surface area contributed by atoms with Crippen LogP contribution in [0.4, 0.5) is 0 Å². The maximum absolute atomic E-state index is 11.5. The highest BCUT2D eigenvalue weighted by Gasteiger charge is 2.38. The first-order chi connectivity index (χ1) is 5.83. The van der Waals surface area contributed by atoms with Crippen molar-refractivity contribution in [3.8, 4) is 0 Å². The smallest absolute Gasteiger partial charge is 0.222 e. The number of fused-ring (bicyclic) bond motifs is 1. The summed E-state index contributed by atoms with van der Waals surface area (Å²) in [4.78, 5) is 13.5. The van der Waals surface area contributed by atoms with Crippen molar-refractivity contribution < 1.29 is 4.79 Å². The minimum atomic E-state index is 0.325. The largest absolute Gasteiger partial charge is 0.338 e. The summed E-state index contributed by atoms with van der Waals surface area (Å²) < 4.78 is 0. The number of rotatable bonds is 1. The van der Waals surface area contributed by atoms with Crippen LogP contribution in [0.1, 0.15) is 19.8 Å². The van der Waals surface area contributed by atoms with Crippen LogP contribution in [0.2, 0.25) is 0 Å². The highest BCUT2D eigenvalue weighted by atomic mass is 16.2. The first-order valence-electron chi connectivity index (χ1n) is 4.83. The minimum absolute atomic E-state index is 0.325. The van der Waals surface area contributed by atoms with Crippen LogP contribution in [-0.4, -0.2) is 36.5 Å². The minimum Gasteiger partial charge on any atom is -0.338 e. The zero-order chi connectivity index (χ0) is 8.55. The average molecular weight is 168 g/mol. The molecule has 0 aliphatic carbocycles. The van der Waals surface area contributed by atoms with Crippen molar-refractivity contribution in [1.29, 1.82) is 0 Å². The van der Waals surface area contributed by atoms with Crippen molar-refractivity contribution in [2.75, 3.05) is 19.6 Å². The van der Waals surface area contributed by atoms with Crippen LogP contribution in [0, 0.1) is 5.92 Å². The quantitative estimate of drug-likeness (QED) is 0.607. The summed E-state index contributed by atoms with van der Waals surface area (Å²) in [6.45, 7) is 5.05. The van der Waals surface area contributed by atoms with Gasteiger partial charge in [-0.25, -0.2) is 0 Å². The molecule has 2 heterocycles. The first-order valence-corrected chi connectivity index (χ1v) is 4.83. The molecule has 0 bridgehead atoms. The van der Waals surface area contributed by atoms with Crippen LogP contribution < -0.4 is 5.32 Å². The van der Waals surface area contributed by atoms with Gasteiger partial charge >= 0.3 is 0 Å². The van der Waals surface area contributed by atoms with E-state index in [1.54, 1.807) is 0 Å². The number of hydrogen-bond donors (Lipinski definition) is 1. The van der Waals surface area contributed by atoms with E-state index < -0.39 is 0 Å². The molecule has 0 unspecified atom stereocenters. The van der Waals surface area contributed by atoms with Gasteiger partial charge < -0.3 is 10.2 Å². The fourth-order valence-electron chi connectivity index (χ4n) is 2.36. The molecule has 0 aromatic rings. The second kappa shape index (κ2) is 3.05. The molecule has 12 heavy (non-hydrogen) atoms. The summed E-state index contributed by atoms with van der Waals surface area (Å²) in [5, 5.41) is 3.34. The van der Waals surface area contributed by atoms with Crippen molar-refractivity contribution in [2.24, 2.45) is 5.92 Å². The standard InChI is InChI=1S/C9H16N2O/c1-2-9(12)11-4-3-7-5-10-6-8(7)11/h7-8,10H,2-6H2,1H3/t7-,8+/m1/s1. The molecule has 68 valence electrons. The Bertz CT molecular complexity index is 193. The Morgan fingerprint density at radius 3 is 3.17 bits per heavy atom. The van der Waals surface area contributed by atoms with Crippen LogP contribution in [-0.2, 0) is 4.79 Å². The normalized spacial score (nSPS) is 33.9. The lowest BCUT2D eigenvalue weighted by atomic mass is 10.1. The van der Waals surface area contributed by atoms with Crippen LogP contribution in [0.5, 0.6) is 0 Å². The summed E-state index contributed by atoms with van der Waals surface area (Å²) in [7, 11) is 0. The van der Waals surface area contributed by atoms with Crippen molar-refractivity contribution in [2.45, 2.75) is 25.8 Å². The molecule has 0 spiro atoms. The van der Waals surface area contributed by atoms with E-state index in [0.717, 1.165) is 25.6 Å². The van der Waals surface area contributed by atoms with Crippen LogP contribution >= 0.6 is 0 Å². The Morgan fingerprint density at radius 1 is 1.58 bits per heavy atom. The molecule has 0 aromatic heterocycles. The number of carbonyl (C=O) groups excluding carboxylic acids is 1. The summed E-state index contributed by atoms with van der Waals surface area (Å²) in [6.07, 6.45) is 1.85. The number of hydrogen-bond acceptors (Lipinski definition) is 2. The van der Waals surface area contributed by atoms with E-state index in [9.17, 15) is 4.79 Å². The third kappa shape index (κ3) is 1.12. The zero-order valence-corrected chi connectivity index (χ0v) is 7.55. The lowest BCUT2D eigenvalue weighted by molar-refractivity contribution is -0.131. The monoisotopic (exact) mass is 168 g/mol. The summed E-state index contributed by atoms with van der Waals surface area (Å²) in [5.41, 5.74) is 0. The van der Waals surface area contributed by atoms with Crippen molar-refractivity contribution in [3.05, 3.63) is 0 Å². The van der Waals surface area contributed by atoms with E-state index in [1.807, 2.05) is 6.92 Å². The Morgan fingerprint density at radius 2 is 2.42 bits per heavy atom. The van der Waals surface area contributed by atoms with Gasteiger partial charge in [0.15, 0.2) is 0 Å². The molecule has 2 aliphatic heterocycles. The number of nitrogens with one attached hydrogen (secondary N) is 1. The second-order valence-corrected chi connectivity index (χ2v) is 3.72. The lowest BCUT2D eigenvalue weighted by Gasteiger charge is -2.22. The van der Waals surface area contributed by atoms with E-state index in [1.165, 1.54) is 6.42 Å². The molecule has 2 saturated heterocycles. The molecule has 3 nitrogen and oxygen atoms in total. The Kier molecular flexibility index (Phi) is 2.05. The Balaban J connectivity index is 2.04. The van der Waals surface area contributed by atoms with Crippen molar-refractivity contribution in [1.82, 2.24) is 10.2 Å². The summed E-state index contributed by atoms with van der Waals surface area (Å²) in [5.74, 6) is 1.06. The lowest BCUT2D eigenvalue weighted by Crippen LogP contribution is -2.38. The molecular weight excluding hydrogens is 152 g/mol. The predicted molar refractivity (Wildman–Crippen MR) is 46.8 cm³/mol. The van der Waals surface area contributed by atoms with Gasteiger partial charge in [-0.3, -0.25) is 4.79 Å². The van der Waals surface area contributed by atoms with Crippen LogP contribution in [0.15, 0.2) is 0 Å². The van der Waals surface area contributed by atoms with E-state index in [2.05, 4.69) is 10.2 Å². The molecule has 1 amide bonds. The van der Waals surface area contributed by atoms with Gasteiger partial charge in [0.2, 0.25) is 5.91 Å². The van der Waals surface area contributed by atoms with Gasteiger partial charge in [-0.2, -0.15) is 0 Å². The summed E-state index contributed by atoms with van der Waals surface area (Å²) in [6, 6.07) is 0.512. The molecule has 3 heteroatoms. The topological polar surface area (TPSA) is 32.3 Å². The molecule has 2 aliphatic rings. The van der Waals surface area contributed by atoms with Crippen LogP contribution in [0.3, 0.4) is 0 Å². The highest BCUT2D eigenvalue weighted by Crippen LogP contribution is 2.27. The molecule has 2 atom stereocenters. The van der Waals surface area contributed by atoms with E-state index in [-0.39, 0.29) is 0 Å². The predicted octanol–water partition coefficient (Wildman–Crippen LogP) is 0.217. The Hall–Kier alpha value is -0.570. The maximum Gasteiger partial charge on any atom is 0.222 e. The fraction of sp³-hybridized carbons (Fsp3) is 0.889.